The van der Waals surface area contributed by atoms with Gasteiger partial charge in [0.05, 0.1) is 18.9 Å². The Labute approximate surface area is 156 Å². The summed E-state index contributed by atoms with van der Waals surface area (Å²) in [6.45, 7) is 7.83. The van der Waals surface area contributed by atoms with Gasteiger partial charge in [0.2, 0.25) is 0 Å². The van der Waals surface area contributed by atoms with E-state index in [0.717, 1.165) is 35.5 Å². The Morgan fingerprint density at radius 1 is 1.38 bits per heavy atom. The van der Waals surface area contributed by atoms with Crippen LogP contribution in [0.25, 0.3) is 0 Å². The highest BCUT2D eigenvalue weighted by atomic mass is 32.1. The molecule has 3 rings (SSSR count). The van der Waals surface area contributed by atoms with E-state index >= 15 is 0 Å². The van der Waals surface area contributed by atoms with Crippen LogP contribution in [0, 0.1) is 6.92 Å². The molecular weight excluding hydrogens is 352 g/mol. The molecule has 3 heterocycles. The second kappa shape index (κ2) is 7.20. The Balaban J connectivity index is 1.97. The predicted molar refractivity (Wildman–Crippen MR) is 101 cm³/mol. The molecule has 26 heavy (non-hydrogen) atoms. The Hall–Kier alpha value is -2.19. The lowest BCUT2D eigenvalue weighted by atomic mass is 10.0. The van der Waals surface area contributed by atoms with Crippen molar-refractivity contribution >= 4 is 28.2 Å². The van der Waals surface area contributed by atoms with Crippen LogP contribution in [0.4, 0.5) is 5.00 Å². The van der Waals surface area contributed by atoms with E-state index in [4.69, 9.17) is 4.74 Å². The first-order valence-electron chi connectivity index (χ1n) is 8.60. The van der Waals surface area contributed by atoms with Crippen molar-refractivity contribution < 1.29 is 14.3 Å². The van der Waals surface area contributed by atoms with Crippen molar-refractivity contribution in [2.75, 3.05) is 19.0 Å². The number of aryl methyl sites for hydroxylation is 2. The fourth-order valence-electron chi connectivity index (χ4n) is 3.31. The predicted octanol–water partition coefficient (Wildman–Crippen LogP) is 2.60. The van der Waals surface area contributed by atoms with E-state index < -0.39 is 5.97 Å². The number of amides is 1. The van der Waals surface area contributed by atoms with Gasteiger partial charge >= 0.3 is 5.97 Å². The van der Waals surface area contributed by atoms with Crippen LogP contribution in [0.1, 0.15) is 50.7 Å². The van der Waals surface area contributed by atoms with Gasteiger partial charge in [-0.3, -0.25) is 14.4 Å². The van der Waals surface area contributed by atoms with Crippen LogP contribution in [-0.2, 0) is 24.8 Å². The molecule has 0 radical (unpaired) electrons. The summed E-state index contributed by atoms with van der Waals surface area (Å²) in [6, 6.07) is 0.432. The summed E-state index contributed by atoms with van der Waals surface area (Å²) >= 11 is 1.46. The topological polar surface area (TPSA) is 76.5 Å². The summed E-state index contributed by atoms with van der Waals surface area (Å²) in [6.07, 6.45) is 2.42. The average molecular weight is 376 g/mol. The normalized spacial score (nSPS) is 14.4. The highest BCUT2D eigenvalue weighted by Gasteiger charge is 2.30. The minimum atomic E-state index is -0.405. The second-order valence-corrected chi connectivity index (χ2v) is 7.87. The average Bonchev–Trinajstić information content (AvgIpc) is 3.12. The molecule has 0 fully saturated rings. The van der Waals surface area contributed by atoms with Crippen LogP contribution in [-0.4, -0.2) is 46.3 Å². The van der Waals surface area contributed by atoms with E-state index in [2.05, 4.69) is 29.2 Å². The number of nitrogens with one attached hydrogen (secondary N) is 1. The van der Waals surface area contributed by atoms with Gasteiger partial charge in [-0.15, -0.1) is 11.3 Å². The minimum Gasteiger partial charge on any atom is -0.465 e. The van der Waals surface area contributed by atoms with E-state index in [9.17, 15) is 9.59 Å². The molecule has 0 aromatic carbocycles. The number of ether oxygens (including phenoxy) is 1. The van der Waals surface area contributed by atoms with Crippen LogP contribution >= 0.6 is 11.3 Å². The summed E-state index contributed by atoms with van der Waals surface area (Å²) in [5, 5.41) is 7.57. The fraction of sp³-hybridized carbons (Fsp3) is 0.500. The number of nitrogens with zero attached hydrogens (tertiary/aromatic N) is 3. The molecule has 0 saturated heterocycles. The second-order valence-electron chi connectivity index (χ2n) is 6.77. The Morgan fingerprint density at radius 2 is 2.12 bits per heavy atom. The number of anilines is 1. The number of fused-ring (bicyclic) bond motifs is 1. The first kappa shape index (κ1) is 18.6. The summed E-state index contributed by atoms with van der Waals surface area (Å²) in [7, 11) is 3.09. The maximum Gasteiger partial charge on any atom is 0.341 e. The quantitative estimate of drug-likeness (QED) is 0.830. The largest absolute Gasteiger partial charge is 0.465 e. The number of aromatic nitrogens is 2. The van der Waals surface area contributed by atoms with E-state index in [1.807, 2.05) is 6.92 Å². The lowest BCUT2D eigenvalue weighted by Gasteiger charge is -2.30. The molecule has 0 saturated carbocycles. The molecule has 0 bridgehead atoms. The first-order chi connectivity index (χ1) is 12.3. The summed E-state index contributed by atoms with van der Waals surface area (Å²) < 4.78 is 6.52. The summed E-state index contributed by atoms with van der Waals surface area (Å²) in [5.41, 5.74) is 2.76. The Bertz CT molecular complexity index is 833. The molecule has 1 aliphatic rings. The van der Waals surface area contributed by atoms with Gasteiger partial charge in [-0.25, -0.2) is 4.79 Å². The van der Waals surface area contributed by atoms with Gasteiger partial charge in [0.15, 0.2) is 0 Å². The highest BCUT2D eigenvalue weighted by Crippen LogP contribution is 2.38. The van der Waals surface area contributed by atoms with E-state index in [0.29, 0.717) is 22.3 Å². The lowest BCUT2D eigenvalue weighted by Crippen LogP contribution is -2.35. The van der Waals surface area contributed by atoms with Gasteiger partial charge in [-0.1, -0.05) is 0 Å². The van der Waals surface area contributed by atoms with Gasteiger partial charge in [0.1, 0.15) is 10.7 Å². The molecule has 0 aliphatic carbocycles. The molecule has 2 aromatic rings. The number of methoxy groups -OCH3 is 1. The van der Waals surface area contributed by atoms with Crippen molar-refractivity contribution in [1.82, 2.24) is 14.7 Å². The van der Waals surface area contributed by atoms with Crippen molar-refractivity contribution in [3.63, 3.8) is 0 Å². The number of rotatable bonds is 4. The number of esters is 1. The molecular formula is C18H24N4O3S. The lowest BCUT2D eigenvalue weighted by molar-refractivity contribution is 0.0600. The van der Waals surface area contributed by atoms with Crippen LogP contribution in [0.2, 0.25) is 0 Å². The van der Waals surface area contributed by atoms with Crippen molar-refractivity contribution in [2.24, 2.45) is 7.05 Å². The number of thiophene rings is 1. The van der Waals surface area contributed by atoms with Gasteiger partial charge in [0, 0.05) is 31.1 Å². The summed E-state index contributed by atoms with van der Waals surface area (Å²) in [5.74, 6) is -0.676. The molecule has 0 spiro atoms. The standard InChI is InChI=1S/C18H24N4O3S/c1-10(2)22-7-6-12-13(9-22)26-17(14(12)18(24)25-5)20-16(23)15-11(3)8-19-21(15)4/h8,10H,6-7,9H2,1-5H3,(H,20,23). The maximum atomic E-state index is 12.7. The van der Waals surface area contributed by atoms with Crippen LogP contribution in [0.15, 0.2) is 6.20 Å². The van der Waals surface area contributed by atoms with Crippen molar-refractivity contribution in [3.8, 4) is 0 Å². The molecule has 1 N–H and O–H groups in total. The third-order valence-corrected chi connectivity index (χ3v) is 5.90. The van der Waals surface area contributed by atoms with Gasteiger partial charge < -0.3 is 10.1 Å². The molecule has 2 aromatic heterocycles. The van der Waals surface area contributed by atoms with Gasteiger partial charge in [0.25, 0.3) is 5.91 Å². The van der Waals surface area contributed by atoms with Crippen LogP contribution < -0.4 is 5.32 Å². The summed E-state index contributed by atoms with van der Waals surface area (Å²) in [4.78, 5) is 28.6. The third-order valence-electron chi connectivity index (χ3n) is 4.77. The molecule has 0 atom stereocenters. The molecule has 1 aliphatic heterocycles. The molecule has 8 heteroatoms. The maximum absolute atomic E-state index is 12.7. The Kier molecular flexibility index (Phi) is 5.15. The molecule has 140 valence electrons. The number of carbonyl (C=O) groups is 2. The minimum absolute atomic E-state index is 0.271. The molecule has 7 nitrogen and oxygen atoms in total. The first-order valence-corrected chi connectivity index (χ1v) is 9.42. The van der Waals surface area contributed by atoms with Crippen molar-refractivity contribution in [1.29, 1.82) is 0 Å². The molecule has 1 amide bonds. The monoisotopic (exact) mass is 376 g/mol. The zero-order chi connectivity index (χ0) is 19.0. The van der Waals surface area contributed by atoms with E-state index in [-0.39, 0.29) is 5.91 Å². The van der Waals surface area contributed by atoms with Gasteiger partial charge in [-0.05, 0) is 38.3 Å². The van der Waals surface area contributed by atoms with Gasteiger partial charge in [-0.2, -0.15) is 5.10 Å². The number of hydrogen-bond donors (Lipinski definition) is 1. The fourth-order valence-corrected chi connectivity index (χ4v) is 4.56. The zero-order valence-corrected chi connectivity index (χ0v) is 16.6. The zero-order valence-electron chi connectivity index (χ0n) is 15.8. The van der Waals surface area contributed by atoms with Crippen LogP contribution in [0.5, 0.6) is 0 Å². The van der Waals surface area contributed by atoms with E-state index in [1.54, 1.807) is 13.2 Å². The highest BCUT2D eigenvalue weighted by molar-refractivity contribution is 7.17. The Morgan fingerprint density at radius 3 is 2.69 bits per heavy atom. The smallest absolute Gasteiger partial charge is 0.341 e. The van der Waals surface area contributed by atoms with Crippen molar-refractivity contribution in [3.05, 3.63) is 33.5 Å². The molecule has 0 unspecified atom stereocenters. The SMILES string of the molecule is COC(=O)c1c(NC(=O)c2c(C)cnn2C)sc2c1CCN(C(C)C)C2. The third kappa shape index (κ3) is 3.26. The number of carbonyl (C=O) groups excluding carboxylic acids is 2. The number of hydrogen-bond acceptors (Lipinski definition) is 6. The van der Waals surface area contributed by atoms with Crippen LogP contribution in [0.3, 0.4) is 0 Å². The van der Waals surface area contributed by atoms with E-state index in [1.165, 1.54) is 23.1 Å². The van der Waals surface area contributed by atoms with Crippen molar-refractivity contribution in [2.45, 2.75) is 39.8 Å².